The van der Waals surface area contributed by atoms with Crippen LogP contribution in [0.3, 0.4) is 0 Å². The first-order chi connectivity index (χ1) is 15.2. The van der Waals surface area contributed by atoms with Crippen LogP contribution in [0.15, 0.2) is 45.9 Å². The van der Waals surface area contributed by atoms with E-state index in [4.69, 9.17) is 21.1 Å². The standard InChI is InChI=1S/C21H15ClF3N3O2S2/c1-10-27-19-17(13(9-31-19)11-4-5-15(29-2)16(6-11)30-3)20(28-10)32-18-14(22)7-12(8-26-18)21(23,24)25/h4-9H,1-3H3. The van der Waals surface area contributed by atoms with Crippen molar-refractivity contribution >= 4 is 44.9 Å². The van der Waals surface area contributed by atoms with Crippen LogP contribution in [-0.2, 0) is 6.18 Å². The molecule has 1 aromatic carbocycles. The van der Waals surface area contributed by atoms with Gasteiger partial charge in [0.25, 0.3) is 0 Å². The summed E-state index contributed by atoms with van der Waals surface area (Å²) in [5.41, 5.74) is 0.809. The van der Waals surface area contributed by atoms with Gasteiger partial charge >= 0.3 is 6.18 Å². The van der Waals surface area contributed by atoms with E-state index in [9.17, 15) is 13.2 Å². The van der Waals surface area contributed by atoms with Gasteiger partial charge in [-0.1, -0.05) is 17.7 Å². The van der Waals surface area contributed by atoms with Gasteiger partial charge in [-0.05, 0) is 42.4 Å². The lowest BCUT2D eigenvalue weighted by Crippen LogP contribution is -2.05. The highest BCUT2D eigenvalue weighted by Crippen LogP contribution is 2.43. The molecule has 4 aromatic rings. The Labute approximate surface area is 194 Å². The first-order valence-electron chi connectivity index (χ1n) is 9.10. The third-order valence-corrected chi connectivity index (χ3v) is 6.81. The first-order valence-corrected chi connectivity index (χ1v) is 11.2. The monoisotopic (exact) mass is 497 g/mol. The second kappa shape index (κ2) is 8.76. The number of thiophene rings is 1. The van der Waals surface area contributed by atoms with Gasteiger partial charge in [0.1, 0.15) is 20.7 Å². The lowest BCUT2D eigenvalue weighted by atomic mass is 10.1. The van der Waals surface area contributed by atoms with Crippen molar-refractivity contribution in [2.45, 2.75) is 23.2 Å². The van der Waals surface area contributed by atoms with Gasteiger partial charge in [-0.3, -0.25) is 0 Å². The lowest BCUT2D eigenvalue weighted by molar-refractivity contribution is -0.137. The van der Waals surface area contributed by atoms with Crippen molar-refractivity contribution < 1.29 is 22.6 Å². The minimum atomic E-state index is -4.52. The number of pyridine rings is 1. The molecule has 0 N–H and O–H groups in total. The highest BCUT2D eigenvalue weighted by molar-refractivity contribution is 7.99. The largest absolute Gasteiger partial charge is 0.493 e. The number of hydrogen-bond donors (Lipinski definition) is 0. The van der Waals surface area contributed by atoms with Crippen LogP contribution in [0.5, 0.6) is 11.5 Å². The highest BCUT2D eigenvalue weighted by atomic mass is 35.5. The van der Waals surface area contributed by atoms with Crippen LogP contribution in [0.25, 0.3) is 21.3 Å². The molecule has 11 heteroatoms. The van der Waals surface area contributed by atoms with Gasteiger partial charge in [0, 0.05) is 17.1 Å². The molecule has 4 rings (SSSR count). The Morgan fingerprint density at radius 1 is 1.03 bits per heavy atom. The Bertz CT molecular complexity index is 1310. The molecular formula is C21H15ClF3N3O2S2. The van der Waals surface area contributed by atoms with Crippen LogP contribution in [0, 0.1) is 6.92 Å². The van der Waals surface area contributed by atoms with E-state index < -0.39 is 11.7 Å². The Morgan fingerprint density at radius 2 is 1.78 bits per heavy atom. The van der Waals surface area contributed by atoms with Gasteiger partial charge in [-0.25, -0.2) is 15.0 Å². The van der Waals surface area contributed by atoms with E-state index in [2.05, 4.69) is 15.0 Å². The van der Waals surface area contributed by atoms with Gasteiger partial charge in [0.2, 0.25) is 0 Å². The molecule has 0 unspecified atom stereocenters. The smallest absolute Gasteiger partial charge is 0.417 e. The molecule has 0 aliphatic heterocycles. The van der Waals surface area contributed by atoms with Crippen LogP contribution < -0.4 is 9.47 Å². The van der Waals surface area contributed by atoms with Gasteiger partial charge < -0.3 is 9.47 Å². The molecule has 0 saturated carbocycles. The van der Waals surface area contributed by atoms with Crippen molar-refractivity contribution in [3.05, 3.63) is 52.3 Å². The molecule has 0 fully saturated rings. The SMILES string of the molecule is COc1ccc(-c2csc3nc(C)nc(Sc4ncc(C(F)(F)F)cc4Cl)c23)cc1OC. The number of hydrogen-bond acceptors (Lipinski definition) is 7. The zero-order chi connectivity index (χ0) is 23.0. The molecule has 0 aliphatic rings. The summed E-state index contributed by atoms with van der Waals surface area (Å²) in [6.07, 6.45) is -3.76. The topological polar surface area (TPSA) is 57.1 Å². The van der Waals surface area contributed by atoms with Crippen molar-refractivity contribution in [2.24, 2.45) is 0 Å². The van der Waals surface area contributed by atoms with Crippen LogP contribution in [0.2, 0.25) is 5.02 Å². The maximum Gasteiger partial charge on any atom is 0.417 e. The predicted molar refractivity (Wildman–Crippen MR) is 119 cm³/mol. The van der Waals surface area contributed by atoms with Gasteiger partial charge in [0.15, 0.2) is 11.5 Å². The number of alkyl halides is 3. The van der Waals surface area contributed by atoms with Crippen molar-refractivity contribution in [2.75, 3.05) is 14.2 Å². The zero-order valence-electron chi connectivity index (χ0n) is 17.0. The minimum absolute atomic E-state index is 0.0999. The van der Waals surface area contributed by atoms with Crippen LogP contribution >= 0.6 is 34.7 Å². The van der Waals surface area contributed by atoms with E-state index in [0.29, 0.717) is 22.3 Å². The third kappa shape index (κ3) is 4.35. The summed E-state index contributed by atoms with van der Waals surface area (Å²) in [4.78, 5) is 13.7. The van der Waals surface area contributed by atoms with E-state index in [1.165, 1.54) is 11.3 Å². The summed E-state index contributed by atoms with van der Waals surface area (Å²) in [5, 5.41) is 3.38. The molecule has 0 atom stereocenters. The maximum atomic E-state index is 13.0. The minimum Gasteiger partial charge on any atom is -0.493 e. The fourth-order valence-electron chi connectivity index (χ4n) is 3.05. The third-order valence-electron chi connectivity index (χ3n) is 4.53. The van der Waals surface area contributed by atoms with Crippen molar-refractivity contribution in [3.63, 3.8) is 0 Å². The van der Waals surface area contributed by atoms with Crippen LogP contribution in [0.4, 0.5) is 13.2 Å². The number of methoxy groups -OCH3 is 2. The molecule has 3 heterocycles. The summed E-state index contributed by atoms with van der Waals surface area (Å²) < 4.78 is 49.6. The van der Waals surface area contributed by atoms with E-state index >= 15 is 0 Å². The number of nitrogens with zero attached hydrogens (tertiary/aromatic N) is 3. The lowest BCUT2D eigenvalue weighted by Gasteiger charge is -2.11. The van der Waals surface area contributed by atoms with Gasteiger partial charge in [-0.2, -0.15) is 13.2 Å². The van der Waals surface area contributed by atoms with E-state index in [-0.39, 0.29) is 10.0 Å². The molecule has 3 aromatic heterocycles. The fraction of sp³-hybridized carbons (Fsp3) is 0.190. The molecule has 0 spiro atoms. The molecular weight excluding hydrogens is 483 g/mol. The number of rotatable bonds is 5. The number of aromatic nitrogens is 3. The molecule has 5 nitrogen and oxygen atoms in total. The Balaban J connectivity index is 1.82. The predicted octanol–water partition coefficient (Wildman–Crippen LogP) is 6.90. The Morgan fingerprint density at radius 3 is 2.44 bits per heavy atom. The van der Waals surface area contributed by atoms with Gasteiger partial charge in [-0.15, -0.1) is 11.3 Å². The molecule has 0 aliphatic carbocycles. The average Bonchev–Trinajstić information content (AvgIpc) is 3.17. The summed E-state index contributed by atoms with van der Waals surface area (Å²) in [6.45, 7) is 1.75. The second-order valence-corrected chi connectivity index (χ2v) is 8.83. The molecule has 32 heavy (non-hydrogen) atoms. The number of aryl methyl sites for hydroxylation is 1. The number of ether oxygens (including phenoxy) is 2. The zero-order valence-corrected chi connectivity index (χ0v) is 19.3. The highest BCUT2D eigenvalue weighted by Gasteiger charge is 2.32. The number of halogens is 4. The second-order valence-electron chi connectivity index (χ2n) is 6.59. The van der Waals surface area contributed by atoms with Crippen molar-refractivity contribution in [1.29, 1.82) is 0 Å². The molecule has 0 radical (unpaired) electrons. The van der Waals surface area contributed by atoms with Crippen LogP contribution in [-0.4, -0.2) is 29.2 Å². The van der Waals surface area contributed by atoms with Gasteiger partial charge in [0.05, 0.1) is 30.2 Å². The van der Waals surface area contributed by atoms with E-state index in [0.717, 1.165) is 45.4 Å². The quantitative estimate of drug-likeness (QED) is 0.279. The van der Waals surface area contributed by atoms with E-state index in [1.54, 1.807) is 27.2 Å². The van der Waals surface area contributed by atoms with Crippen molar-refractivity contribution in [3.8, 4) is 22.6 Å². The summed E-state index contributed by atoms with van der Waals surface area (Å²) in [5.74, 6) is 1.70. The number of fused-ring (bicyclic) bond motifs is 1. The summed E-state index contributed by atoms with van der Waals surface area (Å²) in [6, 6.07) is 6.40. The molecule has 0 saturated heterocycles. The first kappa shape index (κ1) is 22.6. The average molecular weight is 498 g/mol. The fourth-order valence-corrected chi connectivity index (χ4v) is 5.32. The molecule has 166 valence electrons. The molecule has 0 amide bonds. The Kier molecular flexibility index (Phi) is 6.19. The van der Waals surface area contributed by atoms with E-state index in [1.807, 2.05) is 17.5 Å². The number of benzene rings is 1. The van der Waals surface area contributed by atoms with Crippen LogP contribution in [0.1, 0.15) is 11.4 Å². The maximum absolute atomic E-state index is 13.0. The Hall–Kier alpha value is -2.56. The summed E-state index contributed by atoms with van der Waals surface area (Å²) >= 11 is 8.67. The van der Waals surface area contributed by atoms with Crippen molar-refractivity contribution in [1.82, 2.24) is 15.0 Å². The normalized spacial score (nSPS) is 11.7. The summed E-state index contributed by atoms with van der Waals surface area (Å²) in [7, 11) is 3.11. The molecule has 0 bridgehead atoms.